The Morgan fingerprint density at radius 1 is 0.771 bits per heavy atom. The topological polar surface area (TPSA) is 46.2 Å². The minimum atomic E-state index is 1.02. The molecule has 0 radical (unpaired) electrons. The first kappa shape index (κ1) is 23.6. The molecule has 0 atom stereocenters. The Morgan fingerprint density at radius 3 is 1.89 bits per heavy atom. The lowest BCUT2D eigenvalue weighted by Gasteiger charge is -2.25. The van der Waals surface area contributed by atoms with E-state index in [0.29, 0.717) is 0 Å². The Bertz CT molecular complexity index is 1280. The van der Waals surface area contributed by atoms with Crippen molar-refractivity contribution in [2.45, 2.75) is 52.4 Å². The minimum Gasteiger partial charge on any atom is -0.356 e. The van der Waals surface area contributed by atoms with Crippen molar-refractivity contribution < 1.29 is 9.15 Å². The number of nitrogens with one attached hydrogen (secondary N) is 2. The van der Waals surface area contributed by atoms with Crippen molar-refractivity contribution in [2.24, 2.45) is 0 Å². The molecule has 2 N–H and O–H groups in total. The minimum absolute atomic E-state index is 1.02. The monoisotopic (exact) mass is 472 g/mol. The van der Waals surface area contributed by atoms with Crippen LogP contribution in [-0.2, 0) is 0 Å². The Kier molecular flexibility index (Phi) is 6.89. The molecule has 6 heteroatoms. The molecular formula is C29H40N6+2. The van der Waals surface area contributed by atoms with Crippen LogP contribution in [0.5, 0.6) is 0 Å². The van der Waals surface area contributed by atoms with Crippen LogP contribution in [0.1, 0.15) is 52.4 Å². The van der Waals surface area contributed by atoms with E-state index in [1.165, 1.54) is 52.0 Å². The van der Waals surface area contributed by atoms with Gasteiger partial charge in [0.05, 0.1) is 45.5 Å². The summed E-state index contributed by atoms with van der Waals surface area (Å²) in [7, 11) is 4.34. The second-order valence-corrected chi connectivity index (χ2v) is 9.93. The zero-order valence-corrected chi connectivity index (χ0v) is 21.8. The zero-order valence-electron chi connectivity index (χ0n) is 21.8. The van der Waals surface area contributed by atoms with Crippen LogP contribution in [0.25, 0.3) is 21.7 Å². The SMILES string of the molecule is CCCN(CCC)c1nc2cc([N+](C)=C3CCCN3)ccc2c2ccc([N+](C)=C3CCCN3)cc12. The van der Waals surface area contributed by atoms with Gasteiger partial charge in [-0.05, 0) is 61.4 Å². The quantitative estimate of drug-likeness (QED) is 0.370. The standard InChI is InChI=1S/C29H38N6/c1-5-17-35(18-6-2)29-25-19-21(33(3)27-9-7-15-30-27)11-13-23(25)24-14-12-22(20-26(24)32-29)34(4)28-10-8-16-31-28/h11-14,19-20H,5-10,15-18H2,1-4H3/p+2. The van der Waals surface area contributed by atoms with Crippen LogP contribution in [0.3, 0.4) is 0 Å². The van der Waals surface area contributed by atoms with E-state index in [9.17, 15) is 0 Å². The van der Waals surface area contributed by atoms with Gasteiger partial charge in [0, 0.05) is 29.9 Å². The van der Waals surface area contributed by atoms with Gasteiger partial charge in [-0.25, -0.2) is 14.1 Å². The van der Waals surface area contributed by atoms with Crippen LogP contribution in [-0.4, -0.2) is 66.1 Å². The van der Waals surface area contributed by atoms with Crippen LogP contribution in [0.4, 0.5) is 17.2 Å². The molecule has 2 aromatic carbocycles. The van der Waals surface area contributed by atoms with Gasteiger partial charge in [-0.3, -0.25) is 10.6 Å². The van der Waals surface area contributed by atoms with E-state index in [1.54, 1.807) is 0 Å². The number of nitrogens with zero attached hydrogens (tertiary/aromatic N) is 4. The van der Waals surface area contributed by atoms with Gasteiger partial charge >= 0.3 is 0 Å². The average Bonchev–Trinajstić information content (AvgIpc) is 3.61. The van der Waals surface area contributed by atoms with Crippen LogP contribution >= 0.6 is 0 Å². The predicted molar refractivity (Wildman–Crippen MR) is 148 cm³/mol. The second kappa shape index (κ2) is 10.2. The Hall–Kier alpha value is -3.15. The second-order valence-electron chi connectivity index (χ2n) is 9.93. The number of aromatic nitrogens is 1. The number of fused-ring (bicyclic) bond motifs is 3. The summed E-state index contributed by atoms with van der Waals surface area (Å²) in [6.07, 6.45) is 6.84. The summed E-state index contributed by atoms with van der Waals surface area (Å²) in [6, 6.07) is 13.7. The fourth-order valence-corrected chi connectivity index (χ4v) is 5.53. The number of pyridine rings is 1. The van der Waals surface area contributed by atoms with E-state index in [0.717, 1.165) is 63.2 Å². The molecule has 6 nitrogen and oxygen atoms in total. The van der Waals surface area contributed by atoms with Gasteiger partial charge < -0.3 is 4.90 Å². The molecule has 2 fully saturated rings. The lowest BCUT2D eigenvalue weighted by Crippen LogP contribution is -2.26. The lowest BCUT2D eigenvalue weighted by molar-refractivity contribution is -0.408. The van der Waals surface area contributed by atoms with Gasteiger partial charge in [0.25, 0.3) is 0 Å². The molecule has 3 heterocycles. The summed E-state index contributed by atoms with van der Waals surface area (Å²) in [5, 5.41) is 10.8. The fraction of sp³-hybridized carbons (Fsp3) is 0.483. The zero-order chi connectivity index (χ0) is 24.4. The molecule has 5 rings (SSSR count). The molecule has 0 saturated carbocycles. The Morgan fingerprint density at radius 2 is 1.34 bits per heavy atom. The van der Waals surface area contributed by atoms with Crippen molar-refractivity contribution in [1.82, 2.24) is 15.6 Å². The molecule has 35 heavy (non-hydrogen) atoms. The first-order chi connectivity index (χ1) is 17.1. The smallest absolute Gasteiger partial charge is 0.249 e. The highest BCUT2D eigenvalue weighted by Crippen LogP contribution is 2.35. The molecule has 0 amide bonds. The highest BCUT2D eigenvalue weighted by molar-refractivity contribution is 6.11. The molecule has 184 valence electrons. The predicted octanol–water partition coefficient (Wildman–Crippen LogP) is 5.13. The Balaban J connectivity index is 1.71. The molecule has 0 spiro atoms. The molecule has 0 aliphatic carbocycles. The van der Waals surface area contributed by atoms with Crippen molar-refractivity contribution in [3.8, 4) is 0 Å². The third kappa shape index (κ3) is 4.58. The molecule has 0 unspecified atom stereocenters. The average molecular weight is 473 g/mol. The molecule has 0 bridgehead atoms. The van der Waals surface area contributed by atoms with Gasteiger partial charge in [0.2, 0.25) is 11.7 Å². The maximum absolute atomic E-state index is 5.34. The van der Waals surface area contributed by atoms with Crippen molar-refractivity contribution in [1.29, 1.82) is 0 Å². The first-order valence-electron chi connectivity index (χ1n) is 13.4. The van der Waals surface area contributed by atoms with E-state index >= 15 is 0 Å². The largest absolute Gasteiger partial charge is 0.356 e. The lowest BCUT2D eigenvalue weighted by atomic mass is 10.0. The van der Waals surface area contributed by atoms with E-state index in [-0.39, 0.29) is 0 Å². The maximum Gasteiger partial charge on any atom is 0.249 e. The van der Waals surface area contributed by atoms with E-state index in [4.69, 9.17) is 4.98 Å². The highest BCUT2D eigenvalue weighted by atomic mass is 15.2. The molecule has 2 saturated heterocycles. The van der Waals surface area contributed by atoms with Crippen LogP contribution in [0.15, 0.2) is 36.4 Å². The summed E-state index contributed by atoms with van der Waals surface area (Å²) >= 11 is 0. The van der Waals surface area contributed by atoms with Crippen molar-refractivity contribution in [3.05, 3.63) is 36.4 Å². The molecular weight excluding hydrogens is 432 g/mol. The summed E-state index contributed by atoms with van der Waals surface area (Å²) in [5.74, 6) is 3.72. The summed E-state index contributed by atoms with van der Waals surface area (Å²) < 4.78 is 4.60. The number of hydrogen-bond acceptors (Lipinski definition) is 2. The number of hydrogen-bond donors (Lipinski definition) is 2. The van der Waals surface area contributed by atoms with E-state index in [2.05, 4.69) is 89.0 Å². The molecule has 2 aliphatic heterocycles. The fourth-order valence-electron chi connectivity index (χ4n) is 5.53. The first-order valence-corrected chi connectivity index (χ1v) is 13.4. The summed E-state index contributed by atoms with van der Waals surface area (Å²) in [6.45, 7) is 8.67. The molecule has 1 aromatic heterocycles. The number of amidine groups is 2. The van der Waals surface area contributed by atoms with E-state index < -0.39 is 0 Å². The van der Waals surface area contributed by atoms with Crippen molar-refractivity contribution in [3.63, 3.8) is 0 Å². The van der Waals surface area contributed by atoms with Gasteiger partial charge in [0.1, 0.15) is 17.2 Å². The summed E-state index contributed by atoms with van der Waals surface area (Å²) in [4.78, 5) is 7.82. The third-order valence-electron chi connectivity index (χ3n) is 7.45. The van der Waals surface area contributed by atoms with E-state index in [1.807, 2.05) is 0 Å². The molecule has 2 aliphatic rings. The van der Waals surface area contributed by atoms with Gasteiger partial charge in [-0.2, -0.15) is 0 Å². The third-order valence-corrected chi connectivity index (χ3v) is 7.45. The van der Waals surface area contributed by atoms with Crippen LogP contribution in [0, 0.1) is 0 Å². The highest BCUT2D eigenvalue weighted by Gasteiger charge is 2.21. The Labute approximate surface area is 209 Å². The number of rotatable bonds is 7. The molecule has 3 aromatic rings. The maximum atomic E-state index is 5.34. The van der Waals surface area contributed by atoms with Crippen LogP contribution < -0.4 is 15.5 Å². The van der Waals surface area contributed by atoms with Gasteiger partial charge in [-0.15, -0.1) is 0 Å². The van der Waals surface area contributed by atoms with Gasteiger partial charge in [0.15, 0.2) is 0 Å². The number of benzene rings is 2. The number of anilines is 1. The summed E-state index contributed by atoms with van der Waals surface area (Å²) in [5.41, 5.74) is 3.48. The van der Waals surface area contributed by atoms with Crippen LogP contribution in [0.2, 0.25) is 0 Å². The van der Waals surface area contributed by atoms with Crippen molar-refractivity contribution in [2.75, 3.05) is 45.2 Å². The van der Waals surface area contributed by atoms with Gasteiger partial charge in [-0.1, -0.05) is 13.8 Å². The van der Waals surface area contributed by atoms with Crippen molar-refractivity contribution >= 4 is 50.5 Å². The normalized spacial score (nSPS) is 18.6.